The van der Waals surface area contributed by atoms with Gasteiger partial charge < -0.3 is 11.1 Å². The van der Waals surface area contributed by atoms with E-state index in [2.05, 4.69) is 5.32 Å². The van der Waals surface area contributed by atoms with Gasteiger partial charge in [0.25, 0.3) is 5.91 Å². The summed E-state index contributed by atoms with van der Waals surface area (Å²) < 4.78 is 24.1. The molecule has 0 saturated carbocycles. The minimum Gasteiger partial charge on any atom is -0.396 e. The average molecular weight is 258 g/mol. The fourth-order valence-corrected chi connectivity index (χ4v) is 2.16. The Kier molecular flexibility index (Phi) is 4.62. The highest BCUT2D eigenvalue weighted by molar-refractivity contribution is 7.84. The van der Waals surface area contributed by atoms with Crippen molar-refractivity contribution in [2.24, 2.45) is 0 Å². The molecular weight excluding hydrogens is 243 g/mol. The van der Waals surface area contributed by atoms with Crippen LogP contribution in [0.15, 0.2) is 18.2 Å². The lowest BCUT2D eigenvalue weighted by molar-refractivity contribution is 0.0943. The van der Waals surface area contributed by atoms with Crippen LogP contribution in [0.2, 0.25) is 0 Å². The van der Waals surface area contributed by atoms with Crippen molar-refractivity contribution >= 4 is 22.4 Å². The van der Waals surface area contributed by atoms with E-state index in [4.69, 9.17) is 5.73 Å². The minimum absolute atomic E-state index is 0.00394. The van der Waals surface area contributed by atoms with Gasteiger partial charge in [0.2, 0.25) is 0 Å². The molecule has 0 radical (unpaired) electrons. The second-order valence-electron chi connectivity index (χ2n) is 3.85. The zero-order chi connectivity index (χ0) is 13.0. The molecule has 1 aromatic rings. The number of nitrogens with two attached hydrogens (primary N) is 1. The Bertz CT molecular complexity index is 451. The van der Waals surface area contributed by atoms with Crippen molar-refractivity contribution < 1.29 is 13.4 Å². The Hall–Kier alpha value is -1.43. The number of anilines is 1. The molecular formula is C11H15FN2O2S. The molecule has 1 aromatic carbocycles. The number of benzene rings is 1. The Morgan fingerprint density at radius 3 is 2.76 bits per heavy atom. The quantitative estimate of drug-likeness (QED) is 0.788. The molecule has 0 aliphatic carbocycles. The summed E-state index contributed by atoms with van der Waals surface area (Å²) in [6.45, 7) is 1.74. The van der Waals surface area contributed by atoms with Crippen LogP contribution in [0.3, 0.4) is 0 Å². The predicted octanol–water partition coefficient (Wildman–Crippen LogP) is 0.905. The van der Waals surface area contributed by atoms with Crippen LogP contribution in [-0.2, 0) is 10.8 Å². The van der Waals surface area contributed by atoms with Gasteiger partial charge in [-0.05, 0) is 25.1 Å². The van der Waals surface area contributed by atoms with E-state index >= 15 is 0 Å². The van der Waals surface area contributed by atoms with Gasteiger partial charge in [0.05, 0.1) is 5.69 Å². The second-order valence-corrected chi connectivity index (χ2v) is 5.33. The fraction of sp³-hybridized carbons (Fsp3) is 0.364. The molecule has 2 atom stereocenters. The highest BCUT2D eigenvalue weighted by atomic mass is 32.2. The molecule has 0 fully saturated rings. The van der Waals surface area contributed by atoms with E-state index in [9.17, 15) is 13.4 Å². The first kappa shape index (κ1) is 13.6. The molecule has 2 unspecified atom stereocenters. The van der Waals surface area contributed by atoms with E-state index in [-0.39, 0.29) is 17.3 Å². The first-order valence-corrected chi connectivity index (χ1v) is 6.78. The normalized spacial score (nSPS) is 14.1. The van der Waals surface area contributed by atoms with E-state index in [1.165, 1.54) is 12.1 Å². The number of carbonyl (C=O) groups excluding carboxylic acids is 1. The number of amides is 1. The van der Waals surface area contributed by atoms with Crippen molar-refractivity contribution in [2.75, 3.05) is 17.7 Å². The van der Waals surface area contributed by atoms with Gasteiger partial charge in [0.15, 0.2) is 0 Å². The van der Waals surface area contributed by atoms with Crippen molar-refractivity contribution in [3.8, 4) is 0 Å². The van der Waals surface area contributed by atoms with E-state index in [1.807, 2.05) is 0 Å². The van der Waals surface area contributed by atoms with Gasteiger partial charge in [-0.15, -0.1) is 0 Å². The molecule has 0 saturated heterocycles. The van der Waals surface area contributed by atoms with Crippen molar-refractivity contribution in [1.29, 1.82) is 0 Å². The number of rotatable bonds is 4. The Morgan fingerprint density at radius 1 is 1.59 bits per heavy atom. The molecule has 3 N–H and O–H groups in total. The third-order valence-corrected chi connectivity index (χ3v) is 3.09. The van der Waals surface area contributed by atoms with E-state index < -0.39 is 22.5 Å². The average Bonchev–Trinajstić information content (AvgIpc) is 2.20. The summed E-state index contributed by atoms with van der Waals surface area (Å²) >= 11 is 0. The Balaban J connectivity index is 2.70. The van der Waals surface area contributed by atoms with E-state index in [1.54, 1.807) is 13.2 Å². The third-order valence-electron chi connectivity index (χ3n) is 2.12. The SMILES string of the molecule is CC(CS(C)=O)NC(=O)c1ccc(N)c(F)c1. The summed E-state index contributed by atoms with van der Waals surface area (Å²) in [5.74, 6) is -0.658. The van der Waals surface area contributed by atoms with Crippen LogP contribution in [0.4, 0.5) is 10.1 Å². The van der Waals surface area contributed by atoms with Crippen LogP contribution in [-0.4, -0.2) is 28.2 Å². The van der Waals surface area contributed by atoms with E-state index in [0.717, 1.165) is 6.07 Å². The maximum atomic E-state index is 13.1. The van der Waals surface area contributed by atoms with Crippen molar-refractivity contribution in [3.05, 3.63) is 29.6 Å². The van der Waals surface area contributed by atoms with Gasteiger partial charge in [-0.3, -0.25) is 9.00 Å². The summed E-state index contributed by atoms with van der Waals surface area (Å²) in [5.41, 5.74) is 5.51. The number of nitrogen functional groups attached to an aromatic ring is 1. The molecule has 0 heterocycles. The third kappa shape index (κ3) is 4.14. The second kappa shape index (κ2) is 5.77. The molecule has 1 amide bonds. The molecule has 4 nitrogen and oxygen atoms in total. The number of halogens is 1. The molecule has 0 spiro atoms. The monoisotopic (exact) mass is 258 g/mol. The van der Waals surface area contributed by atoms with Gasteiger partial charge in [0.1, 0.15) is 5.82 Å². The zero-order valence-corrected chi connectivity index (χ0v) is 10.5. The standard InChI is InChI=1S/C11H15FN2O2S/c1-7(6-17(2)16)14-11(15)8-3-4-10(13)9(12)5-8/h3-5,7H,6,13H2,1-2H3,(H,14,15). The largest absolute Gasteiger partial charge is 0.396 e. The number of carbonyl (C=O) groups is 1. The highest BCUT2D eigenvalue weighted by Gasteiger charge is 2.12. The van der Waals surface area contributed by atoms with Crippen LogP contribution >= 0.6 is 0 Å². The summed E-state index contributed by atoms with van der Waals surface area (Å²) in [6.07, 6.45) is 1.56. The lowest BCUT2D eigenvalue weighted by atomic mass is 10.2. The summed E-state index contributed by atoms with van der Waals surface area (Å²) in [6, 6.07) is 3.64. The first-order valence-electron chi connectivity index (χ1n) is 5.06. The van der Waals surface area contributed by atoms with Gasteiger partial charge >= 0.3 is 0 Å². The topological polar surface area (TPSA) is 72.2 Å². The highest BCUT2D eigenvalue weighted by Crippen LogP contribution is 2.11. The maximum Gasteiger partial charge on any atom is 0.251 e. The molecule has 0 bridgehead atoms. The summed E-state index contributed by atoms with van der Waals surface area (Å²) in [5, 5.41) is 2.63. The van der Waals surface area contributed by atoms with Crippen molar-refractivity contribution in [1.82, 2.24) is 5.32 Å². The lowest BCUT2D eigenvalue weighted by Gasteiger charge is -2.12. The number of nitrogens with one attached hydrogen (secondary N) is 1. The molecule has 6 heteroatoms. The number of hydrogen-bond acceptors (Lipinski definition) is 3. The maximum absolute atomic E-state index is 13.1. The van der Waals surface area contributed by atoms with Crippen LogP contribution < -0.4 is 11.1 Å². The fourth-order valence-electron chi connectivity index (χ4n) is 1.37. The predicted molar refractivity (Wildman–Crippen MR) is 66.7 cm³/mol. The Morgan fingerprint density at radius 2 is 2.24 bits per heavy atom. The molecule has 94 valence electrons. The smallest absolute Gasteiger partial charge is 0.251 e. The minimum atomic E-state index is -0.985. The molecule has 0 aliphatic heterocycles. The van der Waals surface area contributed by atoms with Crippen LogP contribution in [0.1, 0.15) is 17.3 Å². The summed E-state index contributed by atoms with van der Waals surface area (Å²) in [4.78, 5) is 11.7. The Labute approximate surface area is 102 Å². The van der Waals surface area contributed by atoms with Gasteiger partial charge in [0, 0.05) is 34.4 Å². The van der Waals surface area contributed by atoms with Crippen LogP contribution in [0, 0.1) is 5.82 Å². The van der Waals surface area contributed by atoms with Crippen LogP contribution in [0.5, 0.6) is 0 Å². The first-order chi connectivity index (χ1) is 7.90. The van der Waals surface area contributed by atoms with Gasteiger partial charge in [-0.2, -0.15) is 0 Å². The van der Waals surface area contributed by atoms with Gasteiger partial charge in [-0.1, -0.05) is 0 Å². The molecule has 0 aromatic heterocycles. The zero-order valence-electron chi connectivity index (χ0n) is 9.70. The van der Waals surface area contributed by atoms with Crippen LogP contribution in [0.25, 0.3) is 0 Å². The molecule has 0 aliphatic rings. The molecule has 1 rings (SSSR count). The van der Waals surface area contributed by atoms with Crippen molar-refractivity contribution in [2.45, 2.75) is 13.0 Å². The lowest BCUT2D eigenvalue weighted by Crippen LogP contribution is -2.36. The van der Waals surface area contributed by atoms with Crippen molar-refractivity contribution in [3.63, 3.8) is 0 Å². The van der Waals surface area contributed by atoms with E-state index in [0.29, 0.717) is 5.75 Å². The molecule has 17 heavy (non-hydrogen) atoms. The summed E-state index contributed by atoms with van der Waals surface area (Å²) in [7, 11) is -0.985. The number of hydrogen-bond donors (Lipinski definition) is 2. The van der Waals surface area contributed by atoms with Gasteiger partial charge in [-0.25, -0.2) is 4.39 Å².